The Morgan fingerprint density at radius 3 is 2.61 bits per heavy atom. The first kappa shape index (κ1) is 19.8. The first-order valence-corrected chi connectivity index (χ1v) is 9.15. The molecule has 0 radical (unpaired) electrons. The molecule has 3 rings (SSSR count). The summed E-state index contributed by atoms with van der Waals surface area (Å²) in [7, 11) is 0. The number of non-ortho nitro benzene ring substituents is 1. The molecule has 2 aromatic rings. The Morgan fingerprint density at radius 1 is 1.25 bits per heavy atom. The minimum atomic E-state index is -0.520. The summed E-state index contributed by atoms with van der Waals surface area (Å²) in [4.78, 5) is 24.1. The van der Waals surface area contributed by atoms with E-state index in [9.17, 15) is 14.9 Å². The van der Waals surface area contributed by atoms with Crippen LogP contribution in [0.1, 0.15) is 18.4 Å². The minimum Gasteiger partial charge on any atom is -0.456 e. The van der Waals surface area contributed by atoms with E-state index in [0.29, 0.717) is 18.0 Å². The van der Waals surface area contributed by atoms with Gasteiger partial charge in [0, 0.05) is 12.1 Å². The number of likely N-dealkylation sites (tertiary alicyclic amines) is 1. The number of benzene rings is 2. The summed E-state index contributed by atoms with van der Waals surface area (Å²) in [6, 6.07) is 11.0. The molecular formula is C19H19ClN4O4. The van der Waals surface area contributed by atoms with Crippen molar-refractivity contribution in [1.29, 1.82) is 0 Å². The second kappa shape index (κ2) is 9.29. The average Bonchev–Trinajstić information content (AvgIpc) is 3.17. The predicted octanol–water partition coefficient (Wildman–Crippen LogP) is 3.59. The lowest BCUT2D eigenvalue weighted by Crippen LogP contribution is -2.33. The van der Waals surface area contributed by atoms with Crippen molar-refractivity contribution in [3.63, 3.8) is 0 Å². The number of carbonyl (C=O) groups is 1. The molecule has 0 aromatic heterocycles. The van der Waals surface area contributed by atoms with Gasteiger partial charge >= 0.3 is 0 Å². The van der Waals surface area contributed by atoms with E-state index in [2.05, 4.69) is 15.4 Å². The zero-order chi connectivity index (χ0) is 19.9. The van der Waals surface area contributed by atoms with Crippen LogP contribution in [-0.4, -0.2) is 41.6 Å². The van der Waals surface area contributed by atoms with E-state index in [-0.39, 0.29) is 16.6 Å². The van der Waals surface area contributed by atoms with Crippen LogP contribution < -0.4 is 10.2 Å². The van der Waals surface area contributed by atoms with Gasteiger partial charge in [0.05, 0.1) is 22.7 Å². The summed E-state index contributed by atoms with van der Waals surface area (Å²) in [6.45, 7) is 2.27. The highest BCUT2D eigenvalue weighted by molar-refractivity contribution is 6.32. The van der Waals surface area contributed by atoms with Gasteiger partial charge in [0.25, 0.3) is 11.6 Å². The fraction of sp³-hybridized carbons (Fsp3) is 0.263. The molecule has 0 aliphatic carbocycles. The zero-order valence-electron chi connectivity index (χ0n) is 15.0. The molecule has 28 heavy (non-hydrogen) atoms. The highest BCUT2D eigenvalue weighted by atomic mass is 35.5. The van der Waals surface area contributed by atoms with Gasteiger partial charge < -0.3 is 4.74 Å². The highest BCUT2D eigenvalue weighted by Crippen LogP contribution is 2.32. The summed E-state index contributed by atoms with van der Waals surface area (Å²) >= 11 is 6.02. The van der Waals surface area contributed by atoms with Crippen molar-refractivity contribution in [3.8, 4) is 11.5 Å². The number of hydrogen-bond acceptors (Lipinski definition) is 6. The number of nitrogens with one attached hydrogen (secondary N) is 1. The van der Waals surface area contributed by atoms with Gasteiger partial charge in [-0.1, -0.05) is 11.6 Å². The van der Waals surface area contributed by atoms with E-state index < -0.39 is 4.92 Å². The molecule has 0 bridgehead atoms. The van der Waals surface area contributed by atoms with Crippen LogP contribution in [0.3, 0.4) is 0 Å². The molecule has 1 fully saturated rings. The Bertz CT molecular complexity index is 880. The van der Waals surface area contributed by atoms with Gasteiger partial charge in [-0.05, 0) is 61.8 Å². The number of nitro groups is 1. The summed E-state index contributed by atoms with van der Waals surface area (Å²) in [5.41, 5.74) is 3.20. The Kier molecular flexibility index (Phi) is 6.57. The summed E-state index contributed by atoms with van der Waals surface area (Å²) < 4.78 is 5.64. The summed E-state index contributed by atoms with van der Waals surface area (Å²) in [6.07, 6.45) is 3.82. The van der Waals surface area contributed by atoms with Crippen LogP contribution in [0.25, 0.3) is 0 Å². The van der Waals surface area contributed by atoms with Gasteiger partial charge in [-0.3, -0.25) is 19.8 Å². The fourth-order valence-electron chi connectivity index (χ4n) is 2.79. The Labute approximate surface area is 166 Å². The number of amides is 1. The van der Waals surface area contributed by atoms with Gasteiger partial charge in [0.15, 0.2) is 0 Å². The third-order valence-corrected chi connectivity index (χ3v) is 4.50. The van der Waals surface area contributed by atoms with Crippen molar-refractivity contribution < 1.29 is 14.5 Å². The van der Waals surface area contributed by atoms with Gasteiger partial charge in [-0.15, -0.1) is 0 Å². The molecule has 0 unspecified atom stereocenters. The lowest BCUT2D eigenvalue weighted by Gasteiger charge is -2.12. The Hall–Kier alpha value is -2.97. The van der Waals surface area contributed by atoms with E-state index >= 15 is 0 Å². The van der Waals surface area contributed by atoms with Crippen LogP contribution >= 0.6 is 11.6 Å². The maximum absolute atomic E-state index is 11.8. The summed E-state index contributed by atoms with van der Waals surface area (Å²) in [5, 5.41) is 14.9. The second-order valence-corrected chi connectivity index (χ2v) is 6.73. The normalized spacial score (nSPS) is 14.3. The lowest BCUT2D eigenvalue weighted by atomic mass is 10.2. The van der Waals surface area contributed by atoms with E-state index in [1.54, 1.807) is 30.5 Å². The quantitative estimate of drug-likeness (QED) is 0.433. The van der Waals surface area contributed by atoms with E-state index in [4.69, 9.17) is 16.3 Å². The van der Waals surface area contributed by atoms with Crippen LogP contribution in [-0.2, 0) is 4.79 Å². The molecule has 2 aromatic carbocycles. The monoisotopic (exact) mass is 402 g/mol. The molecule has 0 spiro atoms. The number of halogens is 1. The number of rotatable bonds is 7. The molecule has 1 aliphatic rings. The number of carbonyl (C=O) groups excluding carboxylic acids is 1. The number of nitrogens with zero attached hydrogens (tertiary/aromatic N) is 3. The molecule has 0 saturated carbocycles. The molecule has 1 aliphatic heterocycles. The molecule has 146 valence electrons. The minimum absolute atomic E-state index is 0.101. The van der Waals surface area contributed by atoms with E-state index in [1.165, 1.54) is 18.2 Å². The largest absolute Gasteiger partial charge is 0.456 e. The number of nitro benzene ring substituents is 1. The first-order valence-electron chi connectivity index (χ1n) is 8.77. The Morgan fingerprint density at radius 2 is 1.96 bits per heavy atom. The van der Waals surface area contributed by atoms with Crippen molar-refractivity contribution >= 4 is 29.4 Å². The number of ether oxygens (including phenoxy) is 1. The molecule has 0 atom stereocenters. The first-order chi connectivity index (χ1) is 13.5. The summed E-state index contributed by atoms with van der Waals surface area (Å²) in [5.74, 6) is 0.708. The van der Waals surface area contributed by atoms with Gasteiger partial charge in [-0.2, -0.15) is 5.10 Å². The molecule has 1 amide bonds. The smallest absolute Gasteiger partial charge is 0.271 e. The van der Waals surface area contributed by atoms with Gasteiger partial charge in [0.1, 0.15) is 11.5 Å². The van der Waals surface area contributed by atoms with Crippen molar-refractivity contribution in [3.05, 3.63) is 63.2 Å². The maximum Gasteiger partial charge on any atom is 0.271 e. The molecule has 8 nitrogen and oxygen atoms in total. The molecule has 1 saturated heterocycles. The van der Waals surface area contributed by atoms with Crippen LogP contribution in [0, 0.1) is 10.1 Å². The molecule has 9 heteroatoms. The number of hydrazone groups is 1. The SMILES string of the molecule is O=C(CN1CCCC1)N/N=C/c1ccc(Oc2ccc([N+](=O)[O-])cc2Cl)cc1. The highest BCUT2D eigenvalue weighted by Gasteiger charge is 2.14. The third-order valence-electron chi connectivity index (χ3n) is 4.20. The van der Waals surface area contributed by atoms with Crippen LogP contribution in [0.2, 0.25) is 5.02 Å². The van der Waals surface area contributed by atoms with Crippen molar-refractivity contribution in [2.24, 2.45) is 5.10 Å². The molecule has 1 N–H and O–H groups in total. The topological polar surface area (TPSA) is 97.1 Å². The van der Waals surface area contributed by atoms with Crippen molar-refractivity contribution in [2.45, 2.75) is 12.8 Å². The standard InChI is InChI=1S/C19H19ClN4O4/c20-17-11-15(24(26)27)5-8-18(17)28-16-6-3-14(4-7-16)12-21-22-19(25)13-23-9-1-2-10-23/h3-8,11-12H,1-2,9-10,13H2,(H,22,25)/b21-12+. The third kappa shape index (κ3) is 5.51. The van der Waals surface area contributed by atoms with Crippen LogP contribution in [0.15, 0.2) is 47.6 Å². The van der Waals surface area contributed by atoms with Crippen LogP contribution in [0.4, 0.5) is 5.69 Å². The van der Waals surface area contributed by atoms with E-state index in [0.717, 1.165) is 31.5 Å². The Balaban J connectivity index is 1.53. The predicted molar refractivity (Wildman–Crippen MR) is 106 cm³/mol. The van der Waals surface area contributed by atoms with E-state index in [1.807, 2.05) is 0 Å². The van der Waals surface area contributed by atoms with Crippen LogP contribution in [0.5, 0.6) is 11.5 Å². The molecule has 1 heterocycles. The van der Waals surface area contributed by atoms with Gasteiger partial charge in [-0.25, -0.2) is 5.43 Å². The second-order valence-electron chi connectivity index (χ2n) is 6.32. The lowest BCUT2D eigenvalue weighted by molar-refractivity contribution is -0.384. The average molecular weight is 403 g/mol. The maximum atomic E-state index is 11.8. The van der Waals surface area contributed by atoms with Crippen molar-refractivity contribution in [2.75, 3.05) is 19.6 Å². The van der Waals surface area contributed by atoms with Gasteiger partial charge in [0.2, 0.25) is 0 Å². The zero-order valence-corrected chi connectivity index (χ0v) is 15.8. The fourth-order valence-corrected chi connectivity index (χ4v) is 3.01. The van der Waals surface area contributed by atoms with Crippen molar-refractivity contribution in [1.82, 2.24) is 10.3 Å². The molecular weight excluding hydrogens is 384 g/mol. The number of hydrogen-bond donors (Lipinski definition) is 1.